The molecule has 0 fully saturated rings. The fraction of sp³-hybridized carbons (Fsp3) is 0.391. The molecule has 0 spiro atoms. The second kappa shape index (κ2) is 9.40. The summed E-state index contributed by atoms with van der Waals surface area (Å²) in [5.41, 5.74) is 1.34. The minimum atomic E-state index is -0.976. The van der Waals surface area contributed by atoms with Gasteiger partial charge in [-0.25, -0.2) is 4.79 Å². The second-order valence-electron chi connectivity index (χ2n) is 7.86. The summed E-state index contributed by atoms with van der Waals surface area (Å²) in [4.78, 5) is 23.7. The van der Waals surface area contributed by atoms with E-state index in [-0.39, 0.29) is 17.9 Å². The SMILES string of the molecule is CC(C)COc1ccc(C(C)(C)NC(=O)CCc2ccccc2C(=O)O)cc1. The molecule has 0 atom stereocenters. The fourth-order valence-electron chi connectivity index (χ4n) is 2.91. The van der Waals surface area contributed by atoms with Gasteiger partial charge in [0.1, 0.15) is 5.75 Å². The van der Waals surface area contributed by atoms with Crippen LogP contribution in [0.15, 0.2) is 48.5 Å². The van der Waals surface area contributed by atoms with Crippen LogP contribution in [-0.4, -0.2) is 23.6 Å². The molecule has 2 rings (SSSR count). The van der Waals surface area contributed by atoms with Gasteiger partial charge in [-0.05, 0) is 55.5 Å². The van der Waals surface area contributed by atoms with Crippen molar-refractivity contribution < 1.29 is 19.4 Å². The van der Waals surface area contributed by atoms with Crippen molar-refractivity contribution in [2.75, 3.05) is 6.61 Å². The number of carbonyl (C=O) groups is 2. The summed E-state index contributed by atoms with van der Waals surface area (Å²) in [6.45, 7) is 8.75. The minimum absolute atomic E-state index is 0.120. The number of aryl methyl sites for hydroxylation is 1. The highest BCUT2D eigenvalue weighted by atomic mass is 16.5. The highest BCUT2D eigenvalue weighted by molar-refractivity contribution is 5.89. The van der Waals surface area contributed by atoms with Crippen molar-refractivity contribution in [3.8, 4) is 5.75 Å². The Balaban J connectivity index is 1.96. The number of benzene rings is 2. The van der Waals surface area contributed by atoms with E-state index in [0.29, 0.717) is 24.5 Å². The molecule has 150 valence electrons. The molecule has 1 amide bonds. The molecule has 0 bridgehead atoms. The number of carboxylic acid groups (broad SMARTS) is 1. The highest BCUT2D eigenvalue weighted by Gasteiger charge is 2.23. The molecule has 5 heteroatoms. The van der Waals surface area contributed by atoms with Gasteiger partial charge in [0.25, 0.3) is 0 Å². The van der Waals surface area contributed by atoms with Crippen LogP contribution < -0.4 is 10.1 Å². The zero-order valence-electron chi connectivity index (χ0n) is 17.0. The van der Waals surface area contributed by atoms with E-state index in [1.165, 1.54) is 0 Å². The van der Waals surface area contributed by atoms with Crippen LogP contribution in [0.2, 0.25) is 0 Å². The molecule has 2 aromatic carbocycles. The van der Waals surface area contributed by atoms with Crippen molar-refractivity contribution in [3.63, 3.8) is 0 Å². The number of ether oxygens (including phenoxy) is 1. The number of rotatable bonds is 9. The van der Waals surface area contributed by atoms with Gasteiger partial charge in [-0.15, -0.1) is 0 Å². The third kappa shape index (κ3) is 6.12. The summed E-state index contributed by atoms with van der Waals surface area (Å²) in [6, 6.07) is 14.5. The van der Waals surface area contributed by atoms with Crippen molar-refractivity contribution in [1.82, 2.24) is 5.32 Å². The van der Waals surface area contributed by atoms with Gasteiger partial charge < -0.3 is 15.2 Å². The quantitative estimate of drug-likeness (QED) is 0.673. The summed E-state index contributed by atoms with van der Waals surface area (Å²) >= 11 is 0. The van der Waals surface area contributed by atoms with E-state index in [9.17, 15) is 14.7 Å². The van der Waals surface area contributed by atoms with E-state index < -0.39 is 11.5 Å². The van der Waals surface area contributed by atoms with Crippen LogP contribution in [0.25, 0.3) is 0 Å². The molecule has 0 aliphatic heterocycles. The summed E-state index contributed by atoms with van der Waals surface area (Å²) in [5.74, 6) is 0.174. The Morgan fingerprint density at radius 2 is 1.71 bits per heavy atom. The Kier molecular flexibility index (Phi) is 7.21. The number of hydrogen-bond acceptors (Lipinski definition) is 3. The predicted molar refractivity (Wildman–Crippen MR) is 110 cm³/mol. The maximum atomic E-state index is 12.4. The lowest BCUT2D eigenvalue weighted by Crippen LogP contribution is -2.41. The Hall–Kier alpha value is -2.82. The Labute approximate surface area is 166 Å². The van der Waals surface area contributed by atoms with Crippen molar-refractivity contribution in [2.24, 2.45) is 5.92 Å². The molecule has 2 N–H and O–H groups in total. The van der Waals surface area contributed by atoms with Gasteiger partial charge in [-0.3, -0.25) is 4.79 Å². The van der Waals surface area contributed by atoms with E-state index in [4.69, 9.17) is 4.74 Å². The molecule has 0 heterocycles. The normalized spacial score (nSPS) is 11.3. The van der Waals surface area contributed by atoms with Crippen LogP contribution in [0.5, 0.6) is 5.75 Å². The average Bonchev–Trinajstić information content (AvgIpc) is 2.65. The van der Waals surface area contributed by atoms with E-state index in [2.05, 4.69) is 19.2 Å². The molecule has 0 aromatic heterocycles. The first-order valence-electron chi connectivity index (χ1n) is 9.54. The number of amides is 1. The van der Waals surface area contributed by atoms with E-state index in [1.54, 1.807) is 24.3 Å². The second-order valence-corrected chi connectivity index (χ2v) is 7.86. The van der Waals surface area contributed by atoms with Crippen LogP contribution in [-0.2, 0) is 16.8 Å². The Bertz CT molecular complexity index is 810. The standard InChI is InChI=1S/C23H29NO4/c1-16(2)15-28-19-12-10-18(11-13-19)23(3,4)24-21(25)14-9-17-7-5-6-8-20(17)22(26)27/h5-8,10-13,16H,9,14-15H2,1-4H3,(H,24,25)(H,26,27). The maximum Gasteiger partial charge on any atom is 0.335 e. The number of aromatic carboxylic acids is 1. The monoisotopic (exact) mass is 383 g/mol. The molecule has 0 aliphatic rings. The maximum absolute atomic E-state index is 12.4. The molecule has 0 aliphatic carbocycles. The summed E-state index contributed by atoms with van der Waals surface area (Å²) < 4.78 is 5.70. The smallest absolute Gasteiger partial charge is 0.335 e. The minimum Gasteiger partial charge on any atom is -0.493 e. The molecule has 0 saturated carbocycles. The van der Waals surface area contributed by atoms with Gasteiger partial charge in [0, 0.05) is 6.42 Å². The first-order valence-corrected chi connectivity index (χ1v) is 9.54. The third-order valence-corrected chi connectivity index (χ3v) is 4.48. The highest BCUT2D eigenvalue weighted by Crippen LogP contribution is 2.23. The number of carboxylic acids is 1. The number of hydrogen-bond donors (Lipinski definition) is 2. The lowest BCUT2D eigenvalue weighted by atomic mass is 9.93. The lowest BCUT2D eigenvalue weighted by Gasteiger charge is -2.27. The number of carbonyl (C=O) groups excluding carboxylic acids is 1. The Morgan fingerprint density at radius 1 is 1.07 bits per heavy atom. The van der Waals surface area contributed by atoms with Crippen LogP contribution in [0, 0.1) is 5.92 Å². The summed E-state index contributed by atoms with van der Waals surface area (Å²) in [7, 11) is 0. The number of nitrogens with one attached hydrogen (secondary N) is 1. The largest absolute Gasteiger partial charge is 0.493 e. The van der Waals surface area contributed by atoms with E-state index in [1.807, 2.05) is 38.1 Å². The molecule has 28 heavy (non-hydrogen) atoms. The average molecular weight is 383 g/mol. The molecular formula is C23H29NO4. The molecular weight excluding hydrogens is 354 g/mol. The van der Waals surface area contributed by atoms with Crippen molar-refractivity contribution in [3.05, 3.63) is 65.2 Å². The first-order chi connectivity index (χ1) is 13.2. The van der Waals surface area contributed by atoms with Crippen molar-refractivity contribution in [2.45, 2.75) is 46.1 Å². The zero-order valence-corrected chi connectivity index (χ0v) is 17.0. The van der Waals surface area contributed by atoms with Gasteiger partial charge in [0.05, 0.1) is 17.7 Å². The van der Waals surface area contributed by atoms with Gasteiger partial charge in [-0.2, -0.15) is 0 Å². The fourth-order valence-corrected chi connectivity index (χ4v) is 2.91. The third-order valence-electron chi connectivity index (χ3n) is 4.48. The van der Waals surface area contributed by atoms with Gasteiger partial charge >= 0.3 is 5.97 Å². The molecule has 0 unspecified atom stereocenters. The molecule has 2 aromatic rings. The molecule has 5 nitrogen and oxygen atoms in total. The molecule has 0 saturated heterocycles. The van der Waals surface area contributed by atoms with Crippen LogP contribution in [0.3, 0.4) is 0 Å². The Morgan fingerprint density at radius 3 is 2.32 bits per heavy atom. The zero-order chi connectivity index (χ0) is 20.7. The predicted octanol–water partition coefficient (Wildman–Crippen LogP) is 4.40. The first kappa shape index (κ1) is 21.5. The van der Waals surface area contributed by atoms with E-state index in [0.717, 1.165) is 11.3 Å². The van der Waals surface area contributed by atoms with Gasteiger partial charge in [0.15, 0.2) is 0 Å². The molecule has 0 radical (unpaired) electrons. The van der Waals surface area contributed by atoms with Gasteiger partial charge in [0.2, 0.25) is 5.91 Å². The van der Waals surface area contributed by atoms with Crippen LogP contribution >= 0.6 is 0 Å². The van der Waals surface area contributed by atoms with Crippen LogP contribution in [0.4, 0.5) is 0 Å². The van der Waals surface area contributed by atoms with E-state index >= 15 is 0 Å². The van der Waals surface area contributed by atoms with Gasteiger partial charge in [-0.1, -0.05) is 44.2 Å². The van der Waals surface area contributed by atoms with Crippen molar-refractivity contribution >= 4 is 11.9 Å². The summed E-state index contributed by atoms with van der Waals surface area (Å²) in [6.07, 6.45) is 0.607. The summed E-state index contributed by atoms with van der Waals surface area (Å²) in [5, 5.41) is 12.3. The van der Waals surface area contributed by atoms with Crippen molar-refractivity contribution in [1.29, 1.82) is 0 Å². The van der Waals surface area contributed by atoms with Crippen LogP contribution in [0.1, 0.15) is 55.6 Å². The topological polar surface area (TPSA) is 75.6 Å². The lowest BCUT2D eigenvalue weighted by molar-refractivity contribution is -0.122.